The van der Waals surface area contributed by atoms with E-state index in [-0.39, 0.29) is 16.8 Å². The third-order valence-corrected chi connectivity index (χ3v) is 7.91. The lowest BCUT2D eigenvalue weighted by atomic mass is 9.61. The van der Waals surface area contributed by atoms with Crippen LogP contribution in [0.4, 0.5) is 4.39 Å². The average molecular weight is 392 g/mol. The van der Waals surface area contributed by atoms with E-state index in [0.717, 1.165) is 41.2 Å². The summed E-state index contributed by atoms with van der Waals surface area (Å²) in [4.78, 5) is 0. The molecule has 2 unspecified atom stereocenters. The van der Waals surface area contributed by atoms with Crippen LogP contribution in [-0.2, 0) is 11.0 Å². The molecule has 2 atom stereocenters. The number of ether oxygens (including phenoxy) is 1. The van der Waals surface area contributed by atoms with Gasteiger partial charge in [-0.3, -0.25) is 0 Å². The topological polar surface area (TPSA) is 18.0 Å². The highest BCUT2D eigenvalue weighted by atomic mass is 19.1. The quantitative estimate of drug-likeness (QED) is 0.378. The molecule has 4 heteroatoms. The lowest BCUT2D eigenvalue weighted by Crippen LogP contribution is -2.68. The maximum Gasteiger partial charge on any atom is 0.299 e. The number of imidazole rings is 1. The fourth-order valence-corrected chi connectivity index (χ4v) is 5.69. The monoisotopic (exact) mass is 391 g/mol. The second kappa shape index (κ2) is 5.71. The molecule has 0 saturated heterocycles. The molecule has 2 aliphatic heterocycles. The van der Waals surface area contributed by atoms with Gasteiger partial charge in [-0.15, -0.1) is 0 Å². The van der Waals surface area contributed by atoms with Crippen molar-refractivity contribution in [1.82, 2.24) is 4.57 Å². The number of halogens is 1. The molecule has 150 valence electrons. The first kappa shape index (κ1) is 18.4. The summed E-state index contributed by atoms with van der Waals surface area (Å²) in [5, 5.41) is 0. The molecule has 3 heterocycles. The van der Waals surface area contributed by atoms with Crippen LogP contribution in [0.25, 0.3) is 17.1 Å². The summed E-state index contributed by atoms with van der Waals surface area (Å²) in [6.45, 7) is 13.4. The minimum absolute atomic E-state index is 0.186. The Morgan fingerprint density at radius 3 is 2.45 bits per heavy atom. The van der Waals surface area contributed by atoms with E-state index in [1.54, 1.807) is 6.07 Å². The van der Waals surface area contributed by atoms with Gasteiger partial charge < -0.3 is 4.74 Å². The third kappa shape index (κ3) is 2.00. The van der Waals surface area contributed by atoms with Crippen molar-refractivity contribution >= 4 is 0 Å². The molecule has 0 radical (unpaired) electrons. The fourth-order valence-electron chi connectivity index (χ4n) is 5.69. The van der Waals surface area contributed by atoms with Gasteiger partial charge in [0.1, 0.15) is 34.1 Å². The molecule has 0 amide bonds. The van der Waals surface area contributed by atoms with Crippen molar-refractivity contribution < 1.29 is 13.7 Å². The first-order valence-electron chi connectivity index (χ1n) is 10.5. The van der Waals surface area contributed by atoms with Crippen molar-refractivity contribution in [1.29, 1.82) is 0 Å². The van der Waals surface area contributed by atoms with Gasteiger partial charge in [0.05, 0.1) is 0 Å². The maximum atomic E-state index is 14.9. The van der Waals surface area contributed by atoms with E-state index in [1.165, 1.54) is 17.5 Å². The van der Waals surface area contributed by atoms with Crippen molar-refractivity contribution in [2.75, 3.05) is 0 Å². The molecular formula is C25H28FN2O+. The van der Waals surface area contributed by atoms with E-state index in [4.69, 9.17) is 4.74 Å². The molecule has 0 fully saturated rings. The number of hydrogen-bond acceptors (Lipinski definition) is 1. The SMILES string of the molecule is CCC1(C)c2cc(F)cc3c2-c2n(c(C)c(C)[n+]2C1(C)CC)-c1ccccc1O3. The van der Waals surface area contributed by atoms with Crippen LogP contribution in [-0.4, -0.2) is 4.57 Å². The first-order chi connectivity index (χ1) is 13.8. The van der Waals surface area contributed by atoms with Gasteiger partial charge in [0.2, 0.25) is 0 Å². The van der Waals surface area contributed by atoms with E-state index in [1.807, 2.05) is 18.2 Å². The first-order valence-corrected chi connectivity index (χ1v) is 10.5. The van der Waals surface area contributed by atoms with Gasteiger partial charge >= 0.3 is 0 Å². The number of para-hydroxylation sites is 2. The number of fused-ring (bicyclic) bond motifs is 2. The van der Waals surface area contributed by atoms with Crippen LogP contribution in [0.1, 0.15) is 57.5 Å². The highest BCUT2D eigenvalue weighted by molar-refractivity contribution is 5.76. The van der Waals surface area contributed by atoms with E-state index < -0.39 is 0 Å². The normalized spacial score (nSPS) is 23.8. The van der Waals surface area contributed by atoms with Gasteiger partial charge in [-0.25, -0.2) is 8.96 Å². The van der Waals surface area contributed by atoms with Crippen LogP contribution in [0.15, 0.2) is 36.4 Å². The Balaban J connectivity index is 2.07. The maximum absolute atomic E-state index is 14.9. The van der Waals surface area contributed by atoms with E-state index >= 15 is 0 Å². The van der Waals surface area contributed by atoms with Crippen LogP contribution in [0, 0.1) is 19.7 Å². The van der Waals surface area contributed by atoms with Crippen molar-refractivity contribution in [3.63, 3.8) is 0 Å². The summed E-state index contributed by atoms with van der Waals surface area (Å²) < 4.78 is 26.0. The summed E-state index contributed by atoms with van der Waals surface area (Å²) in [6, 6.07) is 11.3. The number of rotatable bonds is 2. The third-order valence-electron chi connectivity index (χ3n) is 7.91. The molecule has 3 nitrogen and oxygen atoms in total. The summed E-state index contributed by atoms with van der Waals surface area (Å²) in [6.07, 6.45) is 1.86. The van der Waals surface area contributed by atoms with Gasteiger partial charge in [-0.1, -0.05) is 32.9 Å². The largest absolute Gasteiger partial charge is 0.452 e. The van der Waals surface area contributed by atoms with Crippen LogP contribution in [0.2, 0.25) is 0 Å². The molecule has 5 rings (SSSR count). The second-order valence-corrected chi connectivity index (χ2v) is 8.87. The molecule has 2 aromatic carbocycles. The Kier molecular flexibility index (Phi) is 3.63. The molecule has 29 heavy (non-hydrogen) atoms. The number of benzene rings is 2. The van der Waals surface area contributed by atoms with Gasteiger partial charge in [-0.2, -0.15) is 4.57 Å². The number of nitrogens with zero attached hydrogens (tertiary/aromatic N) is 2. The standard InChI is InChI=1S/C25H28FN2O/c1-7-24(5)18-13-17(26)14-21-22(18)23-27(19-11-9-10-12-20(19)29-21)15(3)16(4)28(23)25(24,6)8-2/h9-14H,7-8H2,1-6H3/q+1. The molecule has 0 bridgehead atoms. The highest BCUT2D eigenvalue weighted by Crippen LogP contribution is 2.55. The Morgan fingerprint density at radius 2 is 1.76 bits per heavy atom. The predicted molar refractivity (Wildman–Crippen MR) is 112 cm³/mol. The Hall–Kier alpha value is -2.62. The summed E-state index contributed by atoms with van der Waals surface area (Å²) >= 11 is 0. The number of hydrogen-bond donors (Lipinski definition) is 0. The molecule has 0 spiro atoms. The zero-order chi connectivity index (χ0) is 20.7. The van der Waals surface area contributed by atoms with Crippen molar-refractivity contribution in [3.05, 3.63) is 59.2 Å². The Labute approximate surface area is 171 Å². The zero-order valence-electron chi connectivity index (χ0n) is 18.1. The van der Waals surface area contributed by atoms with E-state index in [0.29, 0.717) is 5.75 Å². The second-order valence-electron chi connectivity index (χ2n) is 8.87. The Bertz CT molecular complexity index is 1180. The van der Waals surface area contributed by atoms with Crippen molar-refractivity contribution in [2.45, 2.75) is 65.3 Å². The minimum atomic E-state index is -0.240. The van der Waals surface area contributed by atoms with Crippen molar-refractivity contribution in [2.24, 2.45) is 0 Å². The lowest BCUT2D eigenvalue weighted by molar-refractivity contribution is -0.769. The zero-order valence-corrected chi connectivity index (χ0v) is 18.1. The molecule has 2 aliphatic rings. The highest BCUT2D eigenvalue weighted by Gasteiger charge is 2.58. The van der Waals surface area contributed by atoms with E-state index in [9.17, 15) is 4.39 Å². The fraction of sp³-hybridized carbons (Fsp3) is 0.400. The molecule has 1 aromatic heterocycles. The average Bonchev–Trinajstić information content (AvgIpc) is 2.88. The molecule has 3 aromatic rings. The number of aromatic nitrogens is 2. The predicted octanol–water partition coefficient (Wildman–Crippen LogP) is 6.10. The van der Waals surface area contributed by atoms with Gasteiger partial charge in [0, 0.05) is 25.3 Å². The van der Waals surface area contributed by atoms with Gasteiger partial charge in [0.15, 0.2) is 11.4 Å². The van der Waals surface area contributed by atoms with Crippen molar-refractivity contribution in [3.8, 4) is 28.6 Å². The summed E-state index contributed by atoms with van der Waals surface area (Å²) in [7, 11) is 0. The smallest absolute Gasteiger partial charge is 0.299 e. The summed E-state index contributed by atoms with van der Waals surface area (Å²) in [5.41, 5.74) is 5.10. The van der Waals surface area contributed by atoms with Crippen LogP contribution in [0.3, 0.4) is 0 Å². The van der Waals surface area contributed by atoms with Crippen LogP contribution >= 0.6 is 0 Å². The molecule has 0 N–H and O–H groups in total. The minimum Gasteiger partial charge on any atom is -0.452 e. The van der Waals surface area contributed by atoms with Gasteiger partial charge in [-0.05, 0) is 43.5 Å². The molecule has 0 saturated carbocycles. The van der Waals surface area contributed by atoms with E-state index in [2.05, 4.69) is 56.7 Å². The molecular weight excluding hydrogens is 363 g/mol. The van der Waals surface area contributed by atoms with Gasteiger partial charge in [0.25, 0.3) is 5.82 Å². The van der Waals surface area contributed by atoms with Crippen LogP contribution < -0.4 is 9.30 Å². The lowest BCUT2D eigenvalue weighted by Gasteiger charge is -2.48. The summed E-state index contributed by atoms with van der Waals surface area (Å²) in [5.74, 6) is 2.23. The molecule has 0 aliphatic carbocycles. The Morgan fingerprint density at radius 1 is 1.03 bits per heavy atom. The van der Waals surface area contributed by atoms with Crippen LogP contribution in [0.5, 0.6) is 11.5 Å².